The highest BCUT2D eigenvalue weighted by molar-refractivity contribution is 6.34. The van der Waals surface area contributed by atoms with Crippen LogP contribution in [0.3, 0.4) is 0 Å². The quantitative estimate of drug-likeness (QED) is 0.892. The van der Waals surface area contributed by atoms with Crippen LogP contribution in [0.5, 0.6) is 0 Å². The van der Waals surface area contributed by atoms with E-state index in [0.29, 0.717) is 13.1 Å². The van der Waals surface area contributed by atoms with Crippen molar-refractivity contribution >= 4 is 35.0 Å². The van der Waals surface area contributed by atoms with Gasteiger partial charge in [-0.3, -0.25) is 9.59 Å². The molecule has 0 saturated carbocycles. The van der Waals surface area contributed by atoms with Crippen LogP contribution in [0.15, 0.2) is 6.07 Å². The lowest BCUT2D eigenvalue weighted by Gasteiger charge is -2.18. The van der Waals surface area contributed by atoms with Crippen molar-refractivity contribution < 1.29 is 9.59 Å². The molecule has 1 N–H and O–H groups in total. The van der Waals surface area contributed by atoms with Gasteiger partial charge >= 0.3 is 0 Å². The topological polar surface area (TPSA) is 75.2 Å². The van der Waals surface area contributed by atoms with Crippen molar-refractivity contribution in [1.29, 1.82) is 0 Å². The Bertz CT molecular complexity index is 478. The molecule has 0 aliphatic carbocycles. The fraction of sp³-hybridized carbons (Fsp3) is 0.455. The molecule has 0 atom stereocenters. The van der Waals surface area contributed by atoms with Crippen molar-refractivity contribution in [2.75, 3.05) is 19.6 Å². The van der Waals surface area contributed by atoms with E-state index < -0.39 is 5.91 Å². The Labute approximate surface area is 121 Å². The number of hydrogen-bond donors (Lipinski definition) is 1. The third-order valence-electron chi connectivity index (χ3n) is 2.48. The van der Waals surface area contributed by atoms with Gasteiger partial charge in [-0.05, 0) is 19.9 Å². The zero-order valence-electron chi connectivity index (χ0n) is 10.6. The summed E-state index contributed by atoms with van der Waals surface area (Å²) in [6.07, 6.45) is 0. The van der Waals surface area contributed by atoms with Crippen molar-refractivity contribution in [2.45, 2.75) is 13.8 Å². The van der Waals surface area contributed by atoms with E-state index in [-0.39, 0.29) is 28.3 Å². The molecule has 0 aromatic carbocycles. The Kier molecular flexibility index (Phi) is 5.98. The molecule has 0 unspecified atom stereocenters. The summed E-state index contributed by atoms with van der Waals surface area (Å²) in [6, 6.07) is 1.30. The van der Waals surface area contributed by atoms with Gasteiger partial charge in [0, 0.05) is 13.1 Å². The summed E-state index contributed by atoms with van der Waals surface area (Å²) in [5.74, 6) is -0.676. The number of halogens is 2. The standard InChI is InChI=1S/C11H14Cl2N4O2/c1-3-17(4-2)9(18)6-14-11(19)7-5-8(12)15-16-10(7)13/h5H,3-4,6H2,1-2H3,(H,14,19). The molecular weight excluding hydrogens is 291 g/mol. The summed E-state index contributed by atoms with van der Waals surface area (Å²) in [7, 11) is 0. The van der Waals surface area contributed by atoms with Crippen LogP contribution in [0, 0.1) is 0 Å². The molecule has 0 fully saturated rings. The van der Waals surface area contributed by atoms with E-state index in [1.807, 2.05) is 13.8 Å². The van der Waals surface area contributed by atoms with Crippen LogP contribution in [0.4, 0.5) is 0 Å². The number of rotatable bonds is 5. The monoisotopic (exact) mass is 304 g/mol. The molecule has 0 spiro atoms. The maximum Gasteiger partial charge on any atom is 0.255 e. The van der Waals surface area contributed by atoms with E-state index in [9.17, 15) is 9.59 Å². The lowest BCUT2D eigenvalue weighted by Crippen LogP contribution is -2.40. The highest BCUT2D eigenvalue weighted by Gasteiger charge is 2.15. The van der Waals surface area contributed by atoms with Crippen LogP contribution in [0.2, 0.25) is 10.3 Å². The second-order valence-electron chi connectivity index (χ2n) is 3.62. The summed E-state index contributed by atoms with van der Waals surface area (Å²) >= 11 is 11.4. The highest BCUT2D eigenvalue weighted by Crippen LogP contribution is 2.14. The van der Waals surface area contributed by atoms with E-state index >= 15 is 0 Å². The normalized spacial score (nSPS) is 10.1. The minimum atomic E-state index is -0.512. The van der Waals surface area contributed by atoms with Gasteiger partial charge in [-0.2, -0.15) is 0 Å². The summed E-state index contributed by atoms with van der Waals surface area (Å²) in [6.45, 7) is 4.82. The second-order valence-corrected chi connectivity index (χ2v) is 4.37. The summed E-state index contributed by atoms with van der Waals surface area (Å²) < 4.78 is 0. The summed E-state index contributed by atoms with van der Waals surface area (Å²) in [4.78, 5) is 25.2. The fourth-order valence-corrected chi connectivity index (χ4v) is 1.78. The number of hydrogen-bond acceptors (Lipinski definition) is 4. The lowest BCUT2D eigenvalue weighted by molar-refractivity contribution is -0.129. The van der Waals surface area contributed by atoms with Crippen LogP contribution in [0.25, 0.3) is 0 Å². The number of carbonyl (C=O) groups is 2. The number of carbonyl (C=O) groups excluding carboxylic acids is 2. The van der Waals surface area contributed by atoms with Gasteiger partial charge in [0.1, 0.15) is 0 Å². The Morgan fingerprint density at radius 3 is 2.47 bits per heavy atom. The van der Waals surface area contributed by atoms with Gasteiger partial charge in [0.2, 0.25) is 5.91 Å². The first-order valence-electron chi connectivity index (χ1n) is 5.74. The van der Waals surface area contributed by atoms with Gasteiger partial charge in [-0.15, -0.1) is 10.2 Å². The minimum Gasteiger partial charge on any atom is -0.343 e. The van der Waals surface area contributed by atoms with E-state index in [1.54, 1.807) is 4.90 Å². The molecule has 1 aromatic rings. The van der Waals surface area contributed by atoms with E-state index in [4.69, 9.17) is 23.2 Å². The molecule has 1 heterocycles. The molecule has 1 rings (SSSR count). The predicted octanol–water partition coefficient (Wildman–Crippen LogP) is 1.38. The van der Waals surface area contributed by atoms with Gasteiger partial charge in [0.15, 0.2) is 10.3 Å². The first kappa shape index (κ1) is 15.7. The summed E-state index contributed by atoms with van der Waals surface area (Å²) in [5, 5.41) is 9.50. The third-order valence-corrected chi connectivity index (χ3v) is 2.94. The molecule has 19 heavy (non-hydrogen) atoms. The van der Waals surface area contributed by atoms with Crippen LogP contribution in [-0.4, -0.2) is 46.5 Å². The third kappa shape index (κ3) is 4.33. The first-order valence-corrected chi connectivity index (χ1v) is 6.49. The predicted molar refractivity (Wildman–Crippen MR) is 72.3 cm³/mol. The van der Waals surface area contributed by atoms with Crippen LogP contribution in [0.1, 0.15) is 24.2 Å². The van der Waals surface area contributed by atoms with Crippen molar-refractivity contribution in [3.63, 3.8) is 0 Å². The van der Waals surface area contributed by atoms with Crippen molar-refractivity contribution in [3.8, 4) is 0 Å². The molecule has 0 saturated heterocycles. The second kappa shape index (κ2) is 7.25. The van der Waals surface area contributed by atoms with Gasteiger partial charge < -0.3 is 10.2 Å². The molecular formula is C11H14Cl2N4O2. The molecule has 6 nitrogen and oxygen atoms in total. The van der Waals surface area contributed by atoms with Crippen LogP contribution >= 0.6 is 23.2 Å². The smallest absolute Gasteiger partial charge is 0.255 e. The van der Waals surface area contributed by atoms with Gasteiger partial charge in [-0.25, -0.2) is 0 Å². The van der Waals surface area contributed by atoms with Crippen molar-refractivity contribution in [3.05, 3.63) is 21.9 Å². The Morgan fingerprint density at radius 2 is 1.89 bits per heavy atom. The largest absolute Gasteiger partial charge is 0.343 e. The Morgan fingerprint density at radius 1 is 1.26 bits per heavy atom. The lowest BCUT2D eigenvalue weighted by atomic mass is 10.3. The molecule has 0 bridgehead atoms. The Balaban J connectivity index is 2.65. The SMILES string of the molecule is CCN(CC)C(=O)CNC(=O)c1cc(Cl)nnc1Cl. The van der Waals surface area contributed by atoms with Crippen LogP contribution in [-0.2, 0) is 4.79 Å². The van der Waals surface area contributed by atoms with Crippen molar-refractivity contribution in [1.82, 2.24) is 20.4 Å². The number of nitrogens with zero attached hydrogens (tertiary/aromatic N) is 3. The number of amides is 2. The Hall–Kier alpha value is -1.40. The van der Waals surface area contributed by atoms with E-state index in [2.05, 4.69) is 15.5 Å². The highest BCUT2D eigenvalue weighted by atomic mass is 35.5. The number of likely N-dealkylation sites (N-methyl/N-ethyl adjacent to an activating group) is 1. The zero-order chi connectivity index (χ0) is 14.4. The maximum absolute atomic E-state index is 11.8. The molecule has 104 valence electrons. The maximum atomic E-state index is 11.8. The summed E-state index contributed by atoms with van der Waals surface area (Å²) in [5.41, 5.74) is 0.0917. The first-order chi connectivity index (χ1) is 8.99. The molecule has 0 radical (unpaired) electrons. The molecule has 0 aliphatic heterocycles. The molecule has 0 aliphatic rings. The average Bonchev–Trinajstić information content (AvgIpc) is 2.40. The van der Waals surface area contributed by atoms with Gasteiger partial charge in [-0.1, -0.05) is 23.2 Å². The fourth-order valence-electron chi connectivity index (χ4n) is 1.45. The number of nitrogens with one attached hydrogen (secondary N) is 1. The average molecular weight is 305 g/mol. The molecule has 1 aromatic heterocycles. The van der Waals surface area contributed by atoms with E-state index in [1.165, 1.54) is 6.07 Å². The van der Waals surface area contributed by atoms with Gasteiger partial charge in [0.25, 0.3) is 5.91 Å². The molecule has 8 heteroatoms. The minimum absolute atomic E-state index is 0.0582. The van der Waals surface area contributed by atoms with Gasteiger partial charge in [0.05, 0.1) is 12.1 Å². The molecule has 2 amide bonds. The van der Waals surface area contributed by atoms with E-state index in [0.717, 1.165) is 0 Å². The number of aromatic nitrogens is 2. The zero-order valence-corrected chi connectivity index (χ0v) is 12.1. The van der Waals surface area contributed by atoms with Crippen molar-refractivity contribution in [2.24, 2.45) is 0 Å². The van der Waals surface area contributed by atoms with Crippen LogP contribution < -0.4 is 5.32 Å².